The van der Waals surface area contributed by atoms with E-state index in [0.717, 1.165) is 12.2 Å². The van der Waals surface area contributed by atoms with Gasteiger partial charge in [-0.05, 0) is 31.0 Å². The van der Waals surface area contributed by atoms with Gasteiger partial charge in [0, 0.05) is 12.0 Å². The molecule has 0 aliphatic carbocycles. The minimum absolute atomic E-state index is 0.00185. The van der Waals surface area contributed by atoms with Crippen molar-refractivity contribution in [2.75, 3.05) is 26.4 Å². The van der Waals surface area contributed by atoms with Crippen LogP contribution in [-0.4, -0.2) is 31.5 Å². The molecule has 1 heterocycles. The summed E-state index contributed by atoms with van der Waals surface area (Å²) in [5, 5.41) is 9.11. The van der Waals surface area contributed by atoms with Crippen molar-refractivity contribution in [1.82, 2.24) is 0 Å². The first-order chi connectivity index (χ1) is 7.80. The second kappa shape index (κ2) is 4.85. The van der Waals surface area contributed by atoms with Crippen LogP contribution in [0.5, 0.6) is 5.75 Å². The largest absolute Gasteiger partial charge is 0.494 e. The van der Waals surface area contributed by atoms with Crippen LogP contribution in [0, 0.1) is 0 Å². The van der Waals surface area contributed by atoms with Crippen LogP contribution < -0.4 is 4.74 Å². The van der Waals surface area contributed by atoms with Crippen LogP contribution in [0.2, 0.25) is 0 Å². The van der Waals surface area contributed by atoms with Crippen LogP contribution in [0.3, 0.4) is 0 Å². The highest BCUT2D eigenvalue weighted by atomic mass is 16.5. The molecular formula is C13H18O3. The number of aliphatic hydroxyl groups excluding tert-OH is 1. The standard InChI is InChI=1S/C13H18O3/c1-2-16-12-5-3-4-11(8-12)13(6-7-14)9-15-10-13/h3-5,8,14H,2,6-7,9-10H2,1H3. The third kappa shape index (κ3) is 2.06. The summed E-state index contributed by atoms with van der Waals surface area (Å²) < 4.78 is 10.8. The summed E-state index contributed by atoms with van der Waals surface area (Å²) in [4.78, 5) is 0. The lowest BCUT2D eigenvalue weighted by atomic mass is 9.76. The maximum Gasteiger partial charge on any atom is 0.119 e. The zero-order valence-corrected chi connectivity index (χ0v) is 9.61. The number of benzene rings is 1. The minimum atomic E-state index is 0.00185. The molecule has 88 valence electrons. The van der Waals surface area contributed by atoms with E-state index in [4.69, 9.17) is 14.6 Å². The molecule has 1 aliphatic heterocycles. The number of hydrogen-bond donors (Lipinski definition) is 1. The van der Waals surface area contributed by atoms with Crippen LogP contribution in [0.25, 0.3) is 0 Å². The predicted molar refractivity (Wildman–Crippen MR) is 61.8 cm³/mol. The SMILES string of the molecule is CCOc1cccc(C2(CCO)COC2)c1. The maximum atomic E-state index is 9.11. The predicted octanol–water partition coefficient (Wildman–Crippen LogP) is 1.74. The Labute approximate surface area is 96.0 Å². The van der Waals surface area contributed by atoms with E-state index in [2.05, 4.69) is 12.1 Å². The Morgan fingerprint density at radius 2 is 2.25 bits per heavy atom. The van der Waals surface area contributed by atoms with Gasteiger partial charge in [0.15, 0.2) is 0 Å². The van der Waals surface area contributed by atoms with Crippen molar-refractivity contribution in [3.63, 3.8) is 0 Å². The van der Waals surface area contributed by atoms with Crippen LogP contribution in [-0.2, 0) is 10.2 Å². The number of rotatable bonds is 5. The molecule has 1 saturated heterocycles. The molecule has 1 fully saturated rings. The van der Waals surface area contributed by atoms with Gasteiger partial charge >= 0.3 is 0 Å². The zero-order chi connectivity index (χ0) is 11.4. The van der Waals surface area contributed by atoms with Crippen molar-refractivity contribution >= 4 is 0 Å². The molecule has 0 bridgehead atoms. The van der Waals surface area contributed by atoms with Gasteiger partial charge in [-0.15, -0.1) is 0 Å². The van der Waals surface area contributed by atoms with Gasteiger partial charge in [-0.2, -0.15) is 0 Å². The van der Waals surface area contributed by atoms with Crippen LogP contribution in [0.15, 0.2) is 24.3 Å². The molecular weight excluding hydrogens is 204 g/mol. The van der Waals surface area contributed by atoms with Gasteiger partial charge in [-0.3, -0.25) is 0 Å². The average Bonchev–Trinajstić information content (AvgIpc) is 2.24. The molecule has 0 radical (unpaired) electrons. The molecule has 3 heteroatoms. The molecule has 0 aromatic heterocycles. The first kappa shape index (κ1) is 11.4. The average molecular weight is 222 g/mol. The molecule has 3 nitrogen and oxygen atoms in total. The van der Waals surface area contributed by atoms with Gasteiger partial charge in [0.25, 0.3) is 0 Å². The molecule has 1 aliphatic rings. The topological polar surface area (TPSA) is 38.7 Å². The van der Waals surface area contributed by atoms with E-state index in [-0.39, 0.29) is 12.0 Å². The quantitative estimate of drug-likeness (QED) is 0.824. The first-order valence-electron chi connectivity index (χ1n) is 5.73. The lowest BCUT2D eigenvalue weighted by Gasteiger charge is -2.41. The number of hydrogen-bond acceptors (Lipinski definition) is 3. The monoisotopic (exact) mass is 222 g/mol. The third-order valence-corrected chi connectivity index (χ3v) is 3.10. The van der Waals surface area contributed by atoms with Gasteiger partial charge < -0.3 is 14.6 Å². The van der Waals surface area contributed by atoms with E-state index in [0.29, 0.717) is 19.8 Å². The molecule has 1 N–H and O–H groups in total. The van der Waals surface area contributed by atoms with Crippen LogP contribution in [0.1, 0.15) is 18.9 Å². The van der Waals surface area contributed by atoms with Crippen molar-refractivity contribution in [1.29, 1.82) is 0 Å². The van der Waals surface area contributed by atoms with Crippen molar-refractivity contribution < 1.29 is 14.6 Å². The Balaban J connectivity index is 2.21. The lowest BCUT2D eigenvalue weighted by molar-refractivity contribution is -0.0701. The van der Waals surface area contributed by atoms with Crippen molar-refractivity contribution in [3.05, 3.63) is 29.8 Å². The summed E-state index contributed by atoms with van der Waals surface area (Å²) in [5.74, 6) is 0.893. The van der Waals surface area contributed by atoms with Gasteiger partial charge in [0.05, 0.1) is 19.8 Å². The molecule has 0 saturated carbocycles. The smallest absolute Gasteiger partial charge is 0.119 e. The van der Waals surface area contributed by atoms with E-state index in [9.17, 15) is 0 Å². The third-order valence-electron chi connectivity index (χ3n) is 3.10. The Morgan fingerprint density at radius 1 is 1.44 bits per heavy atom. The first-order valence-corrected chi connectivity index (χ1v) is 5.73. The summed E-state index contributed by atoms with van der Waals surface area (Å²) in [6.07, 6.45) is 0.753. The Morgan fingerprint density at radius 3 is 2.81 bits per heavy atom. The molecule has 1 aromatic carbocycles. The van der Waals surface area contributed by atoms with E-state index >= 15 is 0 Å². The molecule has 1 aromatic rings. The van der Waals surface area contributed by atoms with Crippen molar-refractivity contribution in [3.8, 4) is 5.75 Å². The highest BCUT2D eigenvalue weighted by Gasteiger charge is 2.39. The molecule has 0 spiro atoms. The van der Waals surface area contributed by atoms with Gasteiger partial charge in [0.2, 0.25) is 0 Å². The van der Waals surface area contributed by atoms with Crippen LogP contribution in [0.4, 0.5) is 0 Å². The van der Waals surface area contributed by atoms with Crippen LogP contribution >= 0.6 is 0 Å². The second-order valence-electron chi connectivity index (χ2n) is 4.21. The fourth-order valence-electron chi connectivity index (χ4n) is 2.10. The minimum Gasteiger partial charge on any atom is -0.494 e. The number of aliphatic hydroxyl groups is 1. The summed E-state index contributed by atoms with van der Waals surface area (Å²) in [7, 11) is 0. The molecule has 0 amide bonds. The van der Waals surface area contributed by atoms with E-state index in [1.165, 1.54) is 5.56 Å². The Kier molecular flexibility index (Phi) is 3.46. The summed E-state index contributed by atoms with van der Waals surface area (Å²) in [6, 6.07) is 8.10. The van der Waals surface area contributed by atoms with Gasteiger partial charge in [-0.1, -0.05) is 12.1 Å². The fraction of sp³-hybridized carbons (Fsp3) is 0.538. The highest BCUT2D eigenvalue weighted by Crippen LogP contribution is 2.36. The van der Waals surface area contributed by atoms with E-state index in [1.807, 2.05) is 19.1 Å². The Hall–Kier alpha value is -1.06. The summed E-state index contributed by atoms with van der Waals surface area (Å²) in [5.41, 5.74) is 1.21. The normalized spacial score (nSPS) is 17.9. The van der Waals surface area contributed by atoms with E-state index in [1.54, 1.807) is 0 Å². The van der Waals surface area contributed by atoms with Crippen molar-refractivity contribution in [2.24, 2.45) is 0 Å². The zero-order valence-electron chi connectivity index (χ0n) is 9.61. The molecule has 16 heavy (non-hydrogen) atoms. The Bertz CT molecular complexity index is 345. The van der Waals surface area contributed by atoms with Crippen molar-refractivity contribution in [2.45, 2.75) is 18.8 Å². The number of ether oxygens (including phenoxy) is 2. The lowest BCUT2D eigenvalue weighted by Crippen LogP contribution is -2.47. The van der Waals surface area contributed by atoms with Gasteiger partial charge in [-0.25, -0.2) is 0 Å². The van der Waals surface area contributed by atoms with Gasteiger partial charge in [0.1, 0.15) is 5.75 Å². The summed E-state index contributed by atoms with van der Waals surface area (Å²) >= 11 is 0. The maximum absolute atomic E-state index is 9.11. The fourth-order valence-corrected chi connectivity index (χ4v) is 2.10. The molecule has 0 atom stereocenters. The molecule has 0 unspecified atom stereocenters. The summed E-state index contributed by atoms with van der Waals surface area (Å²) in [6.45, 7) is 4.24. The van der Waals surface area contributed by atoms with E-state index < -0.39 is 0 Å². The highest BCUT2D eigenvalue weighted by molar-refractivity contribution is 5.35. The second-order valence-corrected chi connectivity index (χ2v) is 4.21. The molecule has 2 rings (SSSR count).